The normalized spacial score (nSPS) is 17.2. The molecule has 0 spiro atoms. The Bertz CT molecular complexity index is 1220. The van der Waals surface area contributed by atoms with Crippen molar-refractivity contribution in [2.75, 3.05) is 13.2 Å². The molecule has 0 unspecified atom stereocenters. The third-order valence-electron chi connectivity index (χ3n) is 8.18. The van der Waals surface area contributed by atoms with E-state index in [9.17, 15) is 8.78 Å². The number of ether oxygens (including phenoxy) is 2. The zero-order valence-corrected chi connectivity index (χ0v) is 24.7. The van der Waals surface area contributed by atoms with Gasteiger partial charge in [-0.25, -0.2) is 13.2 Å². The van der Waals surface area contributed by atoms with Crippen molar-refractivity contribution >= 4 is 0 Å². The average Bonchev–Trinajstić information content (AvgIpc) is 2.99. The number of halogens is 3. The van der Waals surface area contributed by atoms with Crippen LogP contribution in [0.4, 0.5) is 13.2 Å². The smallest absolute Gasteiger partial charge is 0.186 e. The van der Waals surface area contributed by atoms with Crippen LogP contribution in [-0.2, 0) is 15.9 Å². The first-order valence-corrected chi connectivity index (χ1v) is 15.6. The van der Waals surface area contributed by atoms with Crippen LogP contribution in [0.1, 0.15) is 102 Å². The van der Waals surface area contributed by atoms with Crippen LogP contribution < -0.4 is 0 Å². The Hall–Kier alpha value is -2.63. The Morgan fingerprint density at radius 2 is 1.24 bits per heavy atom. The van der Waals surface area contributed by atoms with Gasteiger partial charge in [0.25, 0.3) is 0 Å². The molecule has 0 atom stereocenters. The predicted octanol–water partition coefficient (Wildman–Crippen LogP) is 11.0. The Morgan fingerprint density at radius 1 is 0.634 bits per heavy atom. The molecule has 3 aromatic rings. The van der Waals surface area contributed by atoms with Crippen LogP contribution in [0.25, 0.3) is 22.3 Å². The summed E-state index contributed by atoms with van der Waals surface area (Å²) in [4.78, 5) is 0. The van der Waals surface area contributed by atoms with Crippen molar-refractivity contribution in [2.45, 2.75) is 97.2 Å². The van der Waals surface area contributed by atoms with Gasteiger partial charge in [-0.05, 0) is 47.6 Å². The maximum Gasteiger partial charge on any atom is 0.186 e. The molecule has 0 N–H and O–H groups in total. The molecule has 1 aliphatic heterocycles. The first kappa shape index (κ1) is 31.3. The lowest BCUT2D eigenvalue weighted by Gasteiger charge is -2.30. The van der Waals surface area contributed by atoms with Gasteiger partial charge in [-0.2, -0.15) is 0 Å². The van der Waals surface area contributed by atoms with Gasteiger partial charge in [0.15, 0.2) is 17.9 Å². The summed E-state index contributed by atoms with van der Waals surface area (Å²) in [7, 11) is 0. The van der Waals surface area contributed by atoms with E-state index in [0.29, 0.717) is 47.8 Å². The first-order chi connectivity index (χ1) is 20.0. The zero-order chi connectivity index (χ0) is 29.0. The predicted molar refractivity (Wildman–Crippen MR) is 161 cm³/mol. The summed E-state index contributed by atoms with van der Waals surface area (Å²) in [6.45, 7) is 5.53. The summed E-state index contributed by atoms with van der Waals surface area (Å²) < 4.78 is 56.6. The second-order valence-electron chi connectivity index (χ2n) is 11.4. The first-order valence-electron chi connectivity index (χ1n) is 15.6. The van der Waals surface area contributed by atoms with Crippen molar-refractivity contribution in [3.8, 4) is 22.3 Å². The highest BCUT2D eigenvalue weighted by atomic mass is 19.2. The van der Waals surface area contributed by atoms with Gasteiger partial charge >= 0.3 is 0 Å². The molecule has 2 nitrogen and oxygen atoms in total. The van der Waals surface area contributed by atoms with E-state index >= 15 is 4.39 Å². The zero-order valence-electron chi connectivity index (χ0n) is 24.7. The van der Waals surface area contributed by atoms with Crippen LogP contribution in [0.15, 0.2) is 54.6 Å². The highest BCUT2D eigenvalue weighted by Gasteiger charge is 2.25. The number of unbranched alkanes of at least 4 members (excludes halogenated alkanes) is 8. The number of aryl methyl sites for hydroxylation is 1. The Morgan fingerprint density at radius 3 is 1.90 bits per heavy atom. The maximum atomic E-state index is 15.1. The molecule has 1 fully saturated rings. The molecule has 5 heteroatoms. The SMILES string of the molecule is CCCCCCCc1ccc(-c2ccc(-c3ccc(C4OCC(CCCCCCC)CO4)c(F)c3)cc2)c(F)c1F. The minimum Gasteiger partial charge on any atom is -0.348 e. The van der Waals surface area contributed by atoms with Crippen LogP contribution in [0.3, 0.4) is 0 Å². The van der Waals surface area contributed by atoms with E-state index in [0.717, 1.165) is 37.7 Å². The second kappa shape index (κ2) is 16.1. The van der Waals surface area contributed by atoms with Crippen LogP contribution in [0, 0.1) is 23.4 Å². The molecule has 0 amide bonds. The summed E-state index contributed by atoms with van der Waals surface area (Å²) in [5, 5.41) is 0. The lowest BCUT2D eigenvalue weighted by molar-refractivity contribution is -0.207. The van der Waals surface area contributed by atoms with Crippen LogP contribution >= 0.6 is 0 Å². The van der Waals surface area contributed by atoms with Crippen LogP contribution in [0.5, 0.6) is 0 Å². The second-order valence-corrected chi connectivity index (χ2v) is 11.4. The summed E-state index contributed by atoms with van der Waals surface area (Å²) in [6.07, 6.45) is 12.5. The summed E-state index contributed by atoms with van der Waals surface area (Å²) in [6, 6.07) is 15.5. The molecule has 1 saturated heterocycles. The van der Waals surface area contributed by atoms with Gasteiger partial charge in [-0.1, -0.05) is 120 Å². The molecule has 0 bridgehead atoms. The van der Waals surface area contributed by atoms with Crippen molar-refractivity contribution in [1.29, 1.82) is 0 Å². The molecule has 0 radical (unpaired) electrons. The van der Waals surface area contributed by atoms with E-state index in [1.54, 1.807) is 30.3 Å². The van der Waals surface area contributed by atoms with Crippen molar-refractivity contribution < 1.29 is 22.6 Å². The van der Waals surface area contributed by atoms with E-state index in [-0.39, 0.29) is 11.4 Å². The van der Waals surface area contributed by atoms with Crippen molar-refractivity contribution in [1.82, 2.24) is 0 Å². The summed E-state index contributed by atoms with van der Waals surface area (Å²) in [5.41, 5.74) is 3.13. The van der Waals surface area contributed by atoms with Gasteiger partial charge in [0.05, 0.1) is 13.2 Å². The minimum absolute atomic E-state index is 0.233. The average molecular weight is 567 g/mol. The standard InChI is InChI=1S/C36H45F3O2/c1-3-5-7-9-11-13-26-24-40-36(41-25-26)32-22-20-30(23-33(32)37)27-15-17-28(18-16-27)31-21-19-29(34(38)35(31)39)14-12-10-8-6-4-2/h15-23,26,36H,3-14,24-25H2,1-2H3. The fraction of sp³-hybridized carbons (Fsp3) is 0.500. The molecule has 3 aromatic carbocycles. The topological polar surface area (TPSA) is 18.5 Å². The van der Waals surface area contributed by atoms with E-state index in [2.05, 4.69) is 13.8 Å². The Balaban J connectivity index is 1.34. The van der Waals surface area contributed by atoms with Gasteiger partial charge < -0.3 is 9.47 Å². The summed E-state index contributed by atoms with van der Waals surface area (Å²) >= 11 is 0. The molecule has 41 heavy (non-hydrogen) atoms. The molecule has 1 heterocycles. The van der Waals surface area contributed by atoms with Crippen LogP contribution in [0.2, 0.25) is 0 Å². The van der Waals surface area contributed by atoms with Gasteiger partial charge in [0.1, 0.15) is 5.82 Å². The van der Waals surface area contributed by atoms with Gasteiger partial charge in [0, 0.05) is 17.0 Å². The highest BCUT2D eigenvalue weighted by Crippen LogP contribution is 2.33. The molecule has 4 rings (SSSR count). The molecule has 1 aliphatic rings. The monoisotopic (exact) mass is 566 g/mol. The molecular weight excluding hydrogens is 521 g/mol. The lowest BCUT2D eigenvalue weighted by atomic mass is 9.97. The van der Waals surface area contributed by atoms with E-state index in [1.807, 2.05) is 18.2 Å². The molecule has 222 valence electrons. The van der Waals surface area contributed by atoms with Gasteiger partial charge in [-0.15, -0.1) is 0 Å². The fourth-order valence-electron chi connectivity index (χ4n) is 5.59. The number of benzene rings is 3. The molecule has 0 aliphatic carbocycles. The number of hydrogen-bond acceptors (Lipinski definition) is 2. The quantitative estimate of drug-likeness (QED) is 0.170. The van der Waals surface area contributed by atoms with Gasteiger partial charge in [0.2, 0.25) is 0 Å². The Labute approximate surface area is 244 Å². The maximum absolute atomic E-state index is 15.1. The highest BCUT2D eigenvalue weighted by molar-refractivity contribution is 5.71. The van der Waals surface area contributed by atoms with Crippen molar-refractivity contribution in [2.24, 2.45) is 5.92 Å². The van der Waals surface area contributed by atoms with Crippen molar-refractivity contribution in [3.05, 3.63) is 83.2 Å². The van der Waals surface area contributed by atoms with Gasteiger partial charge in [-0.3, -0.25) is 0 Å². The third kappa shape index (κ3) is 8.68. The minimum atomic E-state index is -0.814. The molecular formula is C36H45F3O2. The van der Waals surface area contributed by atoms with Crippen LogP contribution in [-0.4, -0.2) is 13.2 Å². The summed E-state index contributed by atoms with van der Waals surface area (Å²) in [5.74, 6) is -1.60. The van der Waals surface area contributed by atoms with E-state index in [4.69, 9.17) is 9.47 Å². The largest absolute Gasteiger partial charge is 0.348 e. The third-order valence-corrected chi connectivity index (χ3v) is 8.18. The lowest BCUT2D eigenvalue weighted by Crippen LogP contribution is -2.27. The molecule has 0 aromatic heterocycles. The molecule has 0 saturated carbocycles. The van der Waals surface area contributed by atoms with E-state index in [1.165, 1.54) is 44.6 Å². The Kier molecular flexibility index (Phi) is 12.3. The van der Waals surface area contributed by atoms with Crippen molar-refractivity contribution in [3.63, 3.8) is 0 Å². The van der Waals surface area contributed by atoms with E-state index < -0.39 is 17.9 Å². The number of hydrogen-bond donors (Lipinski definition) is 0. The fourth-order valence-corrected chi connectivity index (χ4v) is 5.59. The number of rotatable bonds is 15.